The van der Waals surface area contributed by atoms with Crippen LogP contribution in [0.25, 0.3) is 0 Å². The Labute approximate surface area is 120 Å². The topological polar surface area (TPSA) is 58.4 Å². The van der Waals surface area contributed by atoms with Gasteiger partial charge in [0.25, 0.3) is 0 Å². The second kappa shape index (κ2) is 6.44. The zero-order chi connectivity index (χ0) is 14.5. The van der Waals surface area contributed by atoms with Crippen LogP contribution in [0.4, 0.5) is 5.69 Å². The number of amides is 1. The lowest BCUT2D eigenvalue weighted by Gasteiger charge is -2.32. The lowest BCUT2D eigenvalue weighted by Crippen LogP contribution is -2.39. The monoisotopic (exact) mass is 271 g/mol. The Kier molecular flexibility index (Phi) is 4.65. The Balaban J connectivity index is 2.00. The van der Waals surface area contributed by atoms with Crippen LogP contribution in [0.2, 0.25) is 0 Å². The molecular weight excluding hydrogens is 250 g/mol. The molecule has 0 saturated carbocycles. The summed E-state index contributed by atoms with van der Waals surface area (Å²) < 4.78 is 0. The molecule has 1 aromatic carbocycles. The van der Waals surface area contributed by atoms with E-state index in [1.807, 2.05) is 19.1 Å². The molecule has 20 heavy (non-hydrogen) atoms. The molecule has 106 valence electrons. The lowest BCUT2D eigenvalue weighted by atomic mass is 10.0. The van der Waals surface area contributed by atoms with E-state index < -0.39 is 0 Å². The Bertz CT molecular complexity index is 525. The maximum Gasteiger partial charge on any atom is 0.249 e. The van der Waals surface area contributed by atoms with Crippen molar-refractivity contribution in [2.45, 2.75) is 25.8 Å². The van der Waals surface area contributed by atoms with E-state index in [2.05, 4.69) is 16.1 Å². The van der Waals surface area contributed by atoms with E-state index in [4.69, 9.17) is 12.2 Å². The van der Waals surface area contributed by atoms with E-state index in [1.54, 1.807) is 6.07 Å². The Morgan fingerprint density at radius 3 is 2.80 bits per heavy atom. The minimum absolute atomic E-state index is 0.380. The van der Waals surface area contributed by atoms with Crippen LogP contribution in [-0.2, 0) is 0 Å². The number of hydrogen-bond acceptors (Lipinski definition) is 3. The summed E-state index contributed by atoms with van der Waals surface area (Å²) >= 11 is 0. The van der Waals surface area contributed by atoms with Crippen LogP contribution in [0.3, 0.4) is 0 Å². The van der Waals surface area contributed by atoms with Gasteiger partial charge < -0.3 is 11.1 Å². The van der Waals surface area contributed by atoms with Crippen LogP contribution < -0.4 is 11.1 Å². The minimum Gasteiger partial charge on any atom is -0.382 e. The first kappa shape index (κ1) is 14.4. The number of benzene rings is 1. The van der Waals surface area contributed by atoms with Crippen LogP contribution in [0.5, 0.6) is 0 Å². The van der Waals surface area contributed by atoms with Gasteiger partial charge in [0.2, 0.25) is 5.91 Å². The molecule has 0 unspecified atom stereocenters. The maximum absolute atomic E-state index is 11.4. The smallest absolute Gasteiger partial charge is 0.249 e. The molecule has 1 fully saturated rings. The number of piperidine rings is 1. The van der Waals surface area contributed by atoms with Gasteiger partial charge in [-0.3, -0.25) is 9.69 Å². The molecule has 1 aliphatic heterocycles. The fourth-order valence-corrected chi connectivity index (χ4v) is 2.64. The molecular formula is C16H21N3O. The first-order valence-electron chi connectivity index (χ1n) is 6.93. The molecule has 1 saturated heterocycles. The van der Waals surface area contributed by atoms with Crippen molar-refractivity contribution in [1.82, 2.24) is 4.90 Å². The summed E-state index contributed by atoms with van der Waals surface area (Å²) in [6.45, 7) is 4.67. The number of primary amides is 1. The van der Waals surface area contributed by atoms with Crippen LogP contribution in [-0.4, -0.2) is 36.5 Å². The lowest BCUT2D eigenvalue weighted by molar-refractivity contribution is 0.1000. The number of carbonyl (C=O) groups excluding carboxylic acids is 1. The normalized spacial score (nSPS) is 16.6. The van der Waals surface area contributed by atoms with Gasteiger partial charge in [-0.15, -0.1) is 6.42 Å². The van der Waals surface area contributed by atoms with Gasteiger partial charge in [-0.2, -0.15) is 0 Å². The third kappa shape index (κ3) is 3.31. The number of likely N-dealkylation sites (tertiary alicyclic amines) is 1. The van der Waals surface area contributed by atoms with E-state index in [1.165, 1.54) is 0 Å². The molecule has 1 aromatic rings. The Morgan fingerprint density at radius 1 is 1.50 bits per heavy atom. The number of anilines is 1. The van der Waals surface area contributed by atoms with Gasteiger partial charge in [-0.25, -0.2) is 0 Å². The first-order valence-corrected chi connectivity index (χ1v) is 6.93. The van der Waals surface area contributed by atoms with Gasteiger partial charge in [0.05, 0.1) is 6.54 Å². The predicted octanol–water partition coefficient (Wildman–Crippen LogP) is 1.60. The molecule has 0 atom stereocenters. The number of nitrogens with two attached hydrogens (primary N) is 1. The standard InChI is InChI=1S/C16H21N3O/c1-3-9-19-10-7-13(8-11-19)18-15-6-4-5-14(12(15)2)16(17)20/h1,4-6,13,18H,7-11H2,2H3,(H2,17,20). The number of carbonyl (C=O) groups is 1. The zero-order valence-corrected chi connectivity index (χ0v) is 11.9. The van der Waals surface area contributed by atoms with Crippen LogP contribution >= 0.6 is 0 Å². The molecule has 2 rings (SSSR count). The van der Waals surface area contributed by atoms with Crippen molar-refractivity contribution in [3.05, 3.63) is 29.3 Å². The Morgan fingerprint density at radius 2 is 2.20 bits per heavy atom. The summed E-state index contributed by atoms with van der Waals surface area (Å²) in [6, 6.07) is 6.04. The summed E-state index contributed by atoms with van der Waals surface area (Å²) in [5, 5.41) is 3.52. The first-order chi connectivity index (χ1) is 9.61. The molecule has 0 aliphatic carbocycles. The van der Waals surface area contributed by atoms with Crippen molar-refractivity contribution in [3.8, 4) is 12.3 Å². The van der Waals surface area contributed by atoms with E-state index in [9.17, 15) is 4.79 Å². The second-order valence-corrected chi connectivity index (χ2v) is 5.24. The molecule has 0 radical (unpaired) electrons. The SMILES string of the molecule is C#CCN1CCC(Nc2cccc(C(N)=O)c2C)CC1. The fraction of sp³-hybridized carbons (Fsp3) is 0.438. The van der Waals surface area contributed by atoms with Crippen molar-refractivity contribution < 1.29 is 4.79 Å². The summed E-state index contributed by atoms with van der Waals surface area (Å²) in [5.74, 6) is 2.31. The third-order valence-corrected chi connectivity index (χ3v) is 3.86. The van der Waals surface area contributed by atoms with Gasteiger partial charge in [0, 0.05) is 30.4 Å². The minimum atomic E-state index is -0.380. The highest BCUT2D eigenvalue weighted by atomic mass is 16.1. The highest BCUT2D eigenvalue weighted by Crippen LogP contribution is 2.22. The highest BCUT2D eigenvalue weighted by Gasteiger charge is 2.19. The number of nitrogens with zero attached hydrogens (tertiary/aromatic N) is 1. The molecule has 0 bridgehead atoms. The van der Waals surface area contributed by atoms with Gasteiger partial charge in [-0.1, -0.05) is 12.0 Å². The molecule has 4 heteroatoms. The summed E-state index contributed by atoms with van der Waals surface area (Å²) in [4.78, 5) is 13.6. The largest absolute Gasteiger partial charge is 0.382 e. The summed E-state index contributed by atoms with van der Waals surface area (Å²) in [6.07, 6.45) is 7.45. The average molecular weight is 271 g/mol. The third-order valence-electron chi connectivity index (χ3n) is 3.86. The van der Waals surface area contributed by atoms with Gasteiger partial charge in [0.1, 0.15) is 0 Å². The average Bonchev–Trinajstić information content (AvgIpc) is 2.43. The zero-order valence-electron chi connectivity index (χ0n) is 11.9. The summed E-state index contributed by atoms with van der Waals surface area (Å²) in [7, 11) is 0. The molecule has 1 heterocycles. The van der Waals surface area contributed by atoms with Gasteiger partial charge in [-0.05, 0) is 37.5 Å². The molecule has 3 N–H and O–H groups in total. The van der Waals surface area contributed by atoms with Crippen LogP contribution in [0.15, 0.2) is 18.2 Å². The fourth-order valence-electron chi connectivity index (χ4n) is 2.64. The molecule has 0 aromatic heterocycles. The predicted molar refractivity (Wildman–Crippen MR) is 81.6 cm³/mol. The van der Waals surface area contributed by atoms with Crippen molar-refractivity contribution in [3.63, 3.8) is 0 Å². The van der Waals surface area contributed by atoms with Gasteiger partial charge >= 0.3 is 0 Å². The molecule has 1 aliphatic rings. The van der Waals surface area contributed by atoms with E-state index >= 15 is 0 Å². The van der Waals surface area contributed by atoms with E-state index in [0.717, 1.165) is 43.7 Å². The van der Waals surface area contributed by atoms with Crippen LogP contribution in [0, 0.1) is 19.3 Å². The van der Waals surface area contributed by atoms with Crippen molar-refractivity contribution in [2.24, 2.45) is 5.73 Å². The van der Waals surface area contributed by atoms with Crippen molar-refractivity contribution in [1.29, 1.82) is 0 Å². The summed E-state index contributed by atoms with van der Waals surface area (Å²) in [5.41, 5.74) is 7.88. The number of terminal acetylenes is 1. The molecule has 0 spiro atoms. The van der Waals surface area contributed by atoms with Crippen LogP contribution in [0.1, 0.15) is 28.8 Å². The maximum atomic E-state index is 11.4. The number of hydrogen-bond donors (Lipinski definition) is 2. The number of rotatable bonds is 4. The Hall–Kier alpha value is -1.99. The highest BCUT2D eigenvalue weighted by molar-refractivity contribution is 5.95. The second-order valence-electron chi connectivity index (χ2n) is 5.24. The van der Waals surface area contributed by atoms with E-state index in [-0.39, 0.29) is 5.91 Å². The number of nitrogens with one attached hydrogen (secondary N) is 1. The molecule has 1 amide bonds. The van der Waals surface area contributed by atoms with Gasteiger partial charge in [0.15, 0.2) is 0 Å². The van der Waals surface area contributed by atoms with Crippen molar-refractivity contribution >= 4 is 11.6 Å². The quantitative estimate of drug-likeness (QED) is 0.818. The van der Waals surface area contributed by atoms with E-state index in [0.29, 0.717) is 11.6 Å². The molecule has 4 nitrogen and oxygen atoms in total. The van der Waals surface area contributed by atoms with Crippen molar-refractivity contribution in [2.75, 3.05) is 25.0 Å².